The summed E-state index contributed by atoms with van der Waals surface area (Å²) < 4.78 is 1.01. The van der Waals surface area contributed by atoms with E-state index in [2.05, 4.69) is 32.9 Å². The van der Waals surface area contributed by atoms with Crippen LogP contribution in [0.4, 0.5) is 5.82 Å². The molecule has 4 heteroatoms. The Balaban J connectivity index is 2.86. The summed E-state index contributed by atoms with van der Waals surface area (Å²) in [7, 11) is 1.91. The highest BCUT2D eigenvalue weighted by atomic mass is 127. The maximum atomic E-state index is 5.55. The largest absolute Gasteiger partial charge is 0.383 e. The molecule has 3 nitrogen and oxygen atoms in total. The van der Waals surface area contributed by atoms with Gasteiger partial charge in [0, 0.05) is 12.7 Å². The van der Waals surface area contributed by atoms with Crippen molar-refractivity contribution in [1.29, 1.82) is 0 Å². The fourth-order valence-electron chi connectivity index (χ4n) is 0.789. The van der Waals surface area contributed by atoms with Gasteiger partial charge in [-0.1, -0.05) is 0 Å². The molecule has 1 heterocycles. The van der Waals surface area contributed by atoms with Gasteiger partial charge in [-0.15, -0.1) is 0 Å². The van der Waals surface area contributed by atoms with Gasteiger partial charge in [0.05, 0.1) is 3.57 Å². The molecule has 0 aliphatic carbocycles. The number of halogens is 1. The first-order valence-corrected chi connectivity index (χ1v) is 4.36. The lowest BCUT2D eigenvalue weighted by molar-refractivity contribution is 0.813. The molecule has 1 rings (SSSR count). The van der Waals surface area contributed by atoms with Crippen LogP contribution in [-0.2, 0) is 6.54 Å². The zero-order valence-corrected chi connectivity index (χ0v) is 8.42. The molecule has 0 aliphatic rings. The van der Waals surface area contributed by atoms with E-state index in [0.717, 1.165) is 15.7 Å². The highest BCUT2D eigenvalue weighted by molar-refractivity contribution is 14.1. The van der Waals surface area contributed by atoms with E-state index in [4.69, 9.17) is 5.73 Å². The third-order valence-corrected chi connectivity index (χ3v) is 2.17. The van der Waals surface area contributed by atoms with Crippen molar-refractivity contribution >= 4 is 28.4 Å². The molecule has 0 spiro atoms. The van der Waals surface area contributed by atoms with Gasteiger partial charge in [0.1, 0.15) is 5.82 Å². The summed E-state index contributed by atoms with van der Waals surface area (Å²) in [6.45, 7) is 0.837. The predicted octanol–water partition coefficient (Wildman–Crippen LogP) is 0.988. The zero-order chi connectivity index (χ0) is 8.27. The summed E-state index contributed by atoms with van der Waals surface area (Å²) >= 11 is 2.17. The average Bonchev–Trinajstić information content (AvgIpc) is 1.98. The molecular formula is C7H10IN3. The Hall–Kier alpha value is -0.360. The van der Waals surface area contributed by atoms with E-state index < -0.39 is 0 Å². The lowest BCUT2D eigenvalue weighted by atomic mass is 10.3. The molecule has 0 saturated carbocycles. The number of hydrogen-bond donors (Lipinski definition) is 2. The summed E-state index contributed by atoms with van der Waals surface area (Å²) in [6.07, 6.45) is 1.79. The normalized spacial score (nSPS) is 10.0. The average molecular weight is 263 g/mol. The second-order valence-electron chi connectivity index (χ2n) is 2.24. The molecule has 0 saturated heterocycles. The summed E-state index contributed by atoms with van der Waals surface area (Å²) in [6, 6.07) is 2.03. The number of nitrogens with one attached hydrogen (secondary N) is 1. The van der Waals surface area contributed by atoms with Crippen LogP contribution in [0, 0.1) is 3.57 Å². The Morgan fingerprint density at radius 2 is 2.45 bits per heavy atom. The van der Waals surface area contributed by atoms with Crippen LogP contribution in [0.5, 0.6) is 0 Å². The van der Waals surface area contributed by atoms with Gasteiger partial charge >= 0.3 is 0 Å². The SMILES string of the molecule is CNCc1cnc(N)c(I)c1. The van der Waals surface area contributed by atoms with Gasteiger partial charge in [-0.2, -0.15) is 0 Å². The maximum Gasteiger partial charge on any atom is 0.136 e. The van der Waals surface area contributed by atoms with E-state index in [1.165, 1.54) is 0 Å². The first-order valence-electron chi connectivity index (χ1n) is 3.28. The Bertz CT molecular complexity index is 249. The Morgan fingerprint density at radius 1 is 1.73 bits per heavy atom. The van der Waals surface area contributed by atoms with Crippen LogP contribution in [0.3, 0.4) is 0 Å². The van der Waals surface area contributed by atoms with Crippen LogP contribution in [0.2, 0.25) is 0 Å². The molecule has 0 radical (unpaired) electrons. The minimum Gasteiger partial charge on any atom is -0.383 e. The molecule has 1 aromatic rings. The molecule has 0 atom stereocenters. The molecule has 0 bridgehead atoms. The van der Waals surface area contributed by atoms with Crippen LogP contribution in [-0.4, -0.2) is 12.0 Å². The van der Waals surface area contributed by atoms with Gasteiger partial charge in [-0.25, -0.2) is 4.98 Å². The number of nitrogens with two attached hydrogens (primary N) is 1. The zero-order valence-electron chi connectivity index (χ0n) is 6.26. The number of aromatic nitrogens is 1. The van der Waals surface area contributed by atoms with E-state index >= 15 is 0 Å². The predicted molar refractivity (Wildman–Crippen MR) is 54.1 cm³/mol. The van der Waals surface area contributed by atoms with E-state index in [1.54, 1.807) is 6.20 Å². The summed E-state index contributed by atoms with van der Waals surface area (Å²) in [5, 5.41) is 3.05. The van der Waals surface area contributed by atoms with E-state index in [1.807, 2.05) is 13.1 Å². The van der Waals surface area contributed by atoms with Crippen molar-refractivity contribution in [2.75, 3.05) is 12.8 Å². The molecule has 0 unspecified atom stereocenters. The molecular weight excluding hydrogens is 253 g/mol. The Labute approximate surface area is 79.5 Å². The third kappa shape index (κ3) is 2.30. The van der Waals surface area contributed by atoms with Crippen molar-refractivity contribution in [1.82, 2.24) is 10.3 Å². The molecule has 0 aromatic carbocycles. The van der Waals surface area contributed by atoms with Crippen LogP contribution in [0.15, 0.2) is 12.3 Å². The van der Waals surface area contributed by atoms with Crippen molar-refractivity contribution in [3.05, 3.63) is 21.4 Å². The van der Waals surface area contributed by atoms with E-state index in [-0.39, 0.29) is 0 Å². The molecule has 3 N–H and O–H groups in total. The summed E-state index contributed by atoms with van der Waals surface area (Å²) in [4.78, 5) is 4.03. The number of anilines is 1. The lowest BCUT2D eigenvalue weighted by Gasteiger charge is -2.01. The minimum atomic E-state index is 0.602. The monoisotopic (exact) mass is 263 g/mol. The quantitative estimate of drug-likeness (QED) is 0.782. The van der Waals surface area contributed by atoms with Crippen molar-refractivity contribution in [3.8, 4) is 0 Å². The van der Waals surface area contributed by atoms with Crippen molar-refractivity contribution in [2.45, 2.75) is 6.54 Å². The van der Waals surface area contributed by atoms with Gasteiger partial charge in [0.15, 0.2) is 0 Å². The first-order chi connectivity index (χ1) is 5.24. The second kappa shape index (κ2) is 3.87. The number of nitrogen functional groups attached to an aromatic ring is 1. The topological polar surface area (TPSA) is 50.9 Å². The fraction of sp³-hybridized carbons (Fsp3) is 0.286. The van der Waals surface area contributed by atoms with E-state index in [9.17, 15) is 0 Å². The minimum absolute atomic E-state index is 0.602. The highest BCUT2D eigenvalue weighted by Gasteiger charge is 1.97. The van der Waals surface area contributed by atoms with Crippen LogP contribution in [0.1, 0.15) is 5.56 Å². The summed E-state index contributed by atoms with van der Waals surface area (Å²) in [5.74, 6) is 0.602. The van der Waals surface area contributed by atoms with Crippen LogP contribution >= 0.6 is 22.6 Å². The molecule has 0 fully saturated rings. The molecule has 11 heavy (non-hydrogen) atoms. The third-order valence-electron chi connectivity index (χ3n) is 1.31. The first kappa shape index (κ1) is 8.73. The molecule has 0 aliphatic heterocycles. The second-order valence-corrected chi connectivity index (χ2v) is 3.40. The number of nitrogens with zero attached hydrogens (tertiary/aromatic N) is 1. The van der Waals surface area contributed by atoms with Gasteiger partial charge in [-0.3, -0.25) is 0 Å². The van der Waals surface area contributed by atoms with Gasteiger partial charge in [-0.05, 0) is 41.3 Å². The molecule has 0 amide bonds. The smallest absolute Gasteiger partial charge is 0.136 e. The number of rotatable bonds is 2. The van der Waals surface area contributed by atoms with Crippen molar-refractivity contribution < 1.29 is 0 Å². The Kier molecular flexibility index (Phi) is 3.07. The molecule has 1 aromatic heterocycles. The molecule has 60 valence electrons. The number of pyridine rings is 1. The van der Waals surface area contributed by atoms with Gasteiger partial charge in [0.25, 0.3) is 0 Å². The lowest BCUT2D eigenvalue weighted by Crippen LogP contribution is -2.06. The summed E-state index contributed by atoms with van der Waals surface area (Å²) in [5.41, 5.74) is 6.70. The van der Waals surface area contributed by atoms with Crippen LogP contribution in [0.25, 0.3) is 0 Å². The Morgan fingerprint density at radius 3 is 3.00 bits per heavy atom. The maximum absolute atomic E-state index is 5.55. The standard InChI is InChI=1S/C7H10IN3/c1-10-3-5-2-6(8)7(9)11-4-5/h2,4,10H,3H2,1H3,(H2,9,11). The fourth-order valence-corrected chi connectivity index (χ4v) is 1.33. The van der Waals surface area contributed by atoms with Crippen molar-refractivity contribution in [3.63, 3.8) is 0 Å². The van der Waals surface area contributed by atoms with Gasteiger partial charge < -0.3 is 11.1 Å². The highest BCUT2D eigenvalue weighted by Crippen LogP contribution is 2.12. The van der Waals surface area contributed by atoms with Gasteiger partial charge in [0.2, 0.25) is 0 Å². The van der Waals surface area contributed by atoms with Crippen molar-refractivity contribution in [2.24, 2.45) is 0 Å². The van der Waals surface area contributed by atoms with Crippen LogP contribution < -0.4 is 11.1 Å². The number of hydrogen-bond acceptors (Lipinski definition) is 3. The van der Waals surface area contributed by atoms with E-state index in [0.29, 0.717) is 5.82 Å².